The number of carbonyl (C=O) groups excluding carboxylic acids is 1. The van der Waals surface area contributed by atoms with E-state index in [0.717, 1.165) is 29.0 Å². The molecule has 0 aliphatic carbocycles. The third-order valence-electron chi connectivity index (χ3n) is 4.76. The van der Waals surface area contributed by atoms with Crippen molar-refractivity contribution in [3.8, 4) is 5.88 Å². The SMILES string of the molecule is COc1cc(C2=NCC(=O)N3CCc4c(C)cccc4C3=C2)ccn1. The molecule has 0 bridgehead atoms. The van der Waals surface area contributed by atoms with Gasteiger partial charge < -0.3 is 9.64 Å². The molecule has 5 nitrogen and oxygen atoms in total. The first kappa shape index (κ1) is 15.6. The lowest BCUT2D eigenvalue weighted by Gasteiger charge is -2.31. The maximum atomic E-state index is 12.6. The van der Waals surface area contributed by atoms with Crippen molar-refractivity contribution >= 4 is 17.3 Å². The number of carbonyl (C=O) groups is 1. The van der Waals surface area contributed by atoms with Gasteiger partial charge >= 0.3 is 0 Å². The first-order chi connectivity index (χ1) is 12.2. The number of amides is 1. The second-order valence-electron chi connectivity index (χ2n) is 6.21. The van der Waals surface area contributed by atoms with Crippen molar-refractivity contribution in [2.75, 3.05) is 20.2 Å². The number of hydrogen-bond acceptors (Lipinski definition) is 4. The maximum Gasteiger partial charge on any atom is 0.248 e. The number of allylic oxidation sites excluding steroid dienone is 1. The Morgan fingerprint density at radius 1 is 1.24 bits per heavy atom. The zero-order chi connectivity index (χ0) is 17.4. The van der Waals surface area contributed by atoms with Gasteiger partial charge in [0.15, 0.2) is 0 Å². The number of nitrogens with zero attached hydrogens (tertiary/aromatic N) is 3. The van der Waals surface area contributed by atoms with Gasteiger partial charge in [-0.2, -0.15) is 0 Å². The molecule has 0 saturated heterocycles. The lowest BCUT2D eigenvalue weighted by molar-refractivity contribution is -0.126. The van der Waals surface area contributed by atoms with E-state index in [1.807, 2.05) is 29.2 Å². The summed E-state index contributed by atoms with van der Waals surface area (Å²) in [5.41, 5.74) is 6.30. The molecule has 126 valence electrons. The normalized spacial score (nSPS) is 16.4. The predicted molar refractivity (Wildman–Crippen MR) is 96.8 cm³/mol. The smallest absolute Gasteiger partial charge is 0.248 e. The monoisotopic (exact) mass is 333 g/mol. The number of rotatable bonds is 2. The number of methoxy groups -OCH3 is 1. The molecule has 2 aliphatic rings. The Morgan fingerprint density at radius 3 is 2.96 bits per heavy atom. The van der Waals surface area contributed by atoms with E-state index >= 15 is 0 Å². The van der Waals surface area contributed by atoms with Gasteiger partial charge in [-0.25, -0.2) is 4.98 Å². The van der Waals surface area contributed by atoms with Crippen LogP contribution in [0.3, 0.4) is 0 Å². The van der Waals surface area contributed by atoms with E-state index in [4.69, 9.17) is 4.74 Å². The van der Waals surface area contributed by atoms with Crippen LogP contribution in [-0.4, -0.2) is 41.7 Å². The fourth-order valence-corrected chi connectivity index (χ4v) is 3.45. The van der Waals surface area contributed by atoms with Gasteiger partial charge in [0.2, 0.25) is 11.8 Å². The van der Waals surface area contributed by atoms with Crippen molar-refractivity contribution in [2.45, 2.75) is 13.3 Å². The van der Waals surface area contributed by atoms with Crippen LogP contribution in [-0.2, 0) is 11.2 Å². The van der Waals surface area contributed by atoms with Crippen molar-refractivity contribution < 1.29 is 9.53 Å². The second kappa shape index (κ2) is 6.16. The number of aromatic nitrogens is 1. The highest BCUT2D eigenvalue weighted by molar-refractivity contribution is 6.15. The van der Waals surface area contributed by atoms with Crippen LogP contribution < -0.4 is 4.74 Å². The number of fused-ring (bicyclic) bond motifs is 3. The summed E-state index contributed by atoms with van der Waals surface area (Å²) in [6, 6.07) is 9.98. The Hall–Kier alpha value is -2.95. The van der Waals surface area contributed by atoms with Crippen LogP contribution in [0, 0.1) is 6.92 Å². The zero-order valence-corrected chi connectivity index (χ0v) is 14.3. The van der Waals surface area contributed by atoms with Crippen molar-refractivity contribution in [2.24, 2.45) is 4.99 Å². The minimum atomic E-state index is 0.0365. The Balaban J connectivity index is 1.86. The zero-order valence-electron chi connectivity index (χ0n) is 14.3. The molecule has 4 rings (SSSR count). The molecular formula is C20H19N3O2. The molecule has 0 N–H and O–H groups in total. The second-order valence-corrected chi connectivity index (χ2v) is 6.21. The molecule has 2 aliphatic heterocycles. The van der Waals surface area contributed by atoms with Gasteiger partial charge in [-0.3, -0.25) is 9.79 Å². The van der Waals surface area contributed by atoms with Gasteiger partial charge in [0, 0.05) is 29.9 Å². The number of benzene rings is 1. The molecule has 0 unspecified atom stereocenters. The fourth-order valence-electron chi connectivity index (χ4n) is 3.45. The average Bonchev–Trinajstić information content (AvgIpc) is 2.81. The number of aliphatic imine (C=N–C) groups is 1. The third kappa shape index (κ3) is 2.71. The van der Waals surface area contributed by atoms with Crippen molar-refractivity contribution in [3.63, 3.8) is 0 Å². The molecule has 0 fully saturated rings. The summed E-state index contributed by atoms with van der Waals surface area (Å²) < 4.78 is 5.21. The maximum absolute atomic E-state index is 12.6. The van der Waals surface area contributed by atoms with E-state index in [1.165, 1.54) is 11.1 Å². The van der Waals surface area contributed by atoms with E-state index in [2.05, 4.69) is 29.0 Å². The summed E-state index contributed by atoms with van der Waals surface area (Å²) in [5.74, 6) is 0.570. The Labute approximate surface area is 146 Å². The highest BCUT2D eigenvalue weighted by Gasteiger charge is 2.28. The Bertz CT molecular complexity index is 915. The summed E-state index contributed by atoms with van der Waals surface area (Å²) >= 11 is 0. The summed E-state index contributed by atoms with van der Waals surface area (Å²) in [4.78, 5) is 23.1. The van der Waals surface area contributed by atoms with E-state index < -0.39 is 0 Å². The van der Waals surface area contributed by atoms with Crippen molar-refractivity contribution in [3.05, 3.63) is 64.9 Å². The molecule has 2 aromatic rings. The van der Waals surface area contributed by atoms with E-state index in [1.54, 1.807) is 13.3 Å². The van der Waals surface area contributed by atoms with Crippen molar-refractivity contribution in [1.29, 1.82) is 0 Å². The Morgan fingerprint density at radius 2 is 2.12 bits per heavy atom. The van der Waals surface area contributed by atoms with Crippen LogP contribution in [0.2, 0.25) is 0 Å². The molecule has 0 atom stereocenters. The van der Waals surface area contributed by atoms with Gasteiger partial charge in [0.1, 0.15) is 6.54 Å². The highest BCUT2D eigenvalue weighted by Crippen LogP contribution is 2.32. The van der Waals surface area contributed by atoms with Gasteiger partial charge in [0.05, 0.1) is 18.5 Å². The van der Waals surface area contributed by atoms with Crippen LogP contribution in [0.4, 0.5) is 0 Å². The third-order valence-corrected chi connectivity index (χ3v) is 4.76. The van der Waals surface area contributed by atoms with Crippen LogP contribution in [0.25, 0.3) is 5.70 Å². The number of hydrogen-bond donors (Lipinski definition) is 0. The lowest BCUT2D eigenvalue weighted by Crippen LogP contribution is -2.36. The first-order valence-corrected chi connectivity index (χ1v) is 8.33. The molecule has 1 amide bonds. The summed E-state index contributed by atoms with van der Waals surface area (Å²) in [6.45, 7) is 2.97. The highest BCUT2D eigenvalue weighted by atomic mass is 16.5. The number of ether oxygens (including phenoxy) is 1. The van der Waals surface area contributed by atoms with Crippen LogP contribution in [0.5, 0.6) is 5.88 Å². The van der Waals surface area contributed by atoms with E-state index in [9.17, 15) is 4.79 Å². The fraction of sp³-hybridized carbons (Fsp3) is 0.250. The van der Waals surface area contributed by atoms with Gasteiger partial charge in [-0.1, -0.05) is 18.2 Å². The predicted octanol–water partition coefficient (Wildman–Crippen LogP) is 2.63. The molecule has 3 heterocycles. The summed E-state index contributed by atoms with van der Waals surface area (Å²) in [6.07, 6.45) is 4.58. The molecule has 25 heavy (non-hydrogen) atoms. The number of aryl methyl sites for hydroxylation is 1. The van der Waals surface area contributed by atoms with Crippen LogP contribution in [0.1, 0.15) is 22.3 Å². The molecule has 1 aromatic carbocycles. The van der Waals surface area contributed by atoms with E-state index in [0.29, 0.717) is 12.4 Å². The Kier molecular flexibility index (Phi) is 3.84. The molecule has 0 radical (unpaired) electrons. The molecule has 0 saturated carbocycles. The minimum Gasteiger partial charge on any atom is -0.481 e. The first-order valence-electron chi connectivity index (χ1n) is 8.33. The minimum absolute atomic E-state index is 0.0365. The molecule has 1 aromatic heterocycles. The summed E-state index contributed by atoms with van der Waals surface area (Å²) in [7, 11) is 1.59. The average molecular weight is 333 g/mol. The number of pyridine rings is 1. The quantitative estimate of drug-likeness (QED) is 0.849. The topological polar surface area (TPSA) is 54.8 Å². The van der Waals surface area contributed by atoms with Crippen molar-refractivity contribution in [1.82, 2.24) is 9.88 Å². The summed E-state index contributed by atoms with van der Waals surface area (Å²) in [5, 5.41) is 0. The molecular weight excluding hydrogens is 314 g/mol. The molecule has 5 heteroatoms. The van der Waals surface area contributed by atoms with Gasteiger partial charge in [0.25, 0.3) is 0 Å². The van der Waals surface area contributed by atoms with Crippen LogP contribution in [0.15, 0.2) is 47.6 Å². The lowest BCUT2D eigenvalue weighted by atomic mass is 9.91. The van der Waals surface area contributed by atoms with Gasteiger partial charge in [-0.15, -0.1) is 0 Å². The largest absolute Gasteiger partial charge is 0.481 e. The standard InChI is InChI=1S/C20H19N3O2/c1-13-4-3-5-16-15(13)7-9-23-18(16)11-17(22-12-20(23)24)14-6-8-21-19(10-14)25-2/h3-6,8,10-11H,7,9,12H2,1-2H3. The van der Waals surface area contributed by atoms with E-state index in [-0.39, 0.29) is 12.5 Å². The van der Waals surface area contributed by atoms with Crippen LogP contribution >= 0.6 is 0 Å². The molecule has 0 spiro atoms. The van der Waals surface area contributed by atoms with Gasteiger partial charge in [-0.05, 0) is 36.6 Å².